The number of aromatic carboxylic acids is 1. The molecule has 30 heavy (non-hydrogen) atoms. The second kappa shape index (κ2) is 8.06. The Hall–Kier alpha value is -3.54. The lowest BCUT2D eigenvalue weighted by molar-refractivity contribution is -0.254. The predicted octanol–water partition coefficient (Wildman–Crippen LogP) is 3.50. The Labute approximate surface area is 174 Å². The van der Waals surface area contributed by atoms with Gasteiger partial charge in [-0.05, 0) is 60.2 Å². The topological polar surface area (TPSA) is 80.7 Å². The predicted molar refractivity (Wildman–Crippen MR) is 113 cm³/mol. The molecule has 0 N–H and O–H groups in total. The van der Waals surface area contributed by atoms with Gasteiger partial charge in [-0.3, -0.25) is 0 Å². The molecule has 0 unspecified atom stereocenters. The normalized spacial score (nSPS) is 14.4. The summed E-state index contributed by atoms with van der Waals surface area (Å²) in [5.41, 5.74) is 4.17. The number of carboxylic acid groups (broad SMARTS) is 1. The first-order valence-corrected chi connectivity index (χ1v) is 9.71. The molecule has 154 valence electrons. The summed E-state index contributed by atoms with van der Waals surface area (Å²) in [5.74, 6) is 0.469. The summed E-state index contributed by atoms with van der Waals surface area (Å²) in [4.78, 5) is 16.8. The number of nitrogens with zero attached hydrogens (tertiary/aromatic N) is 1. The van der Waals surface area contributed by atoms with E-state index in [2.05, 4.69) is 0 Å². The van der Waals surface area contributed by atoms with Gasteiger partial charge in [0.05, 0.1) is 38.5 Å². The minimum absolute atomic E-state index is 0.242. The van der Waals surface area contributed by atoms with Crippen LogP contribution >= 0.6 is 0 Å². The number of ether oxygens (including phenoxy) is 3. The Morgan fingerprint density at radius 3 is 2.37 bits per heavy atom. The van der Waals surface area contributed by atoms with Crippen LogP contribution < -0.4 is 19.3 Å². The number of aromatic nitrogens is 1. The fourth-order valence-corrected chi connectivity index (χ4v) is 4.09. The highest BCUT2D eigenvalue weighted by atomic mass is 16.5. The van der Waals surface area contributed by atoms with Gasteiger partial charge in [-0.25, -0.2) is 4.98 Å². The lowest BCUT2D eigenvalue weighted by atomic mass is 9.86. The molecular weight excluding hydrogens is 382 g/mol. The van der Waals surface area contributed by atoms with E-state index in [1.54, 1.807) is 27.4 Å². The summed E-state index contributed by atoms with van der Waals surface area (Å²) in [6.07, 6.45) is 4.29. The quantitative estimate of drug-likeness (QED) is 0.647. The molecule has 0 aliphatic heterocycles. The van der Waals surface area contributed by atoms with Gasteiger partial charge in [-0.15, -0.1) is 0 Å². The lowest BCUT2D eigenvalue weighted by Gasteiger charge is -2.23. The van der Waals surface area contributed by atoms with E-state index in [9.17, 15) is 9.90 Å². The smallest absolute Gasteiger partial charge is 0.203 e. The zero-order chi connectivity index (χ0) is 21.3. The first-order chi connectivity index (χ1) is 14.6. The SMILES string of the molecule is COc1cc(/C=C2\CCCc3c2nc2ccccc2c3C(=O)[O-])cc(OC)c1OC. The zero-order valence-electron chi connectivity index (χ0n) is 17.2. The van der Waals surface area contributed by atoms with E-state index in [0.29, 0.717) is 40.3 Å². The summed E-state index contributed by atoms with van der Waals surface area (Å²) in [6, 6.07) is 11.0. The highest BCUT2D eigenvalue weighted by molar-refractivity contribution is 6.05. The molecule has 6 nitrogen and oxygen atoms in total. The molecule has 1 aromatic heterocycles. The van der Waals surface area contributed by atoms with E-state index >= 15 is 0 Å². The van der Waals surface area contributed by atoms with Crippen molar-refractivity contribution in [1.29, 1.82) is 0 Å². The van der Waals surface area contributed by atoms with Gasteiger partial charge in [-0.1, -0.05) is 18.2 Å². The van der Waals surface area contributed by atoms with Crippen molar-refractivity contribution in [2.24, 2.45) is 0 Å². The number of benzene rings is 2. The number of pyridine rings is 1. The van der Waals surface area contributed by atoms with Crippen molar-refractivity contribution < 1.29 is 24.1 Å². The Bertz CT molecular complexity index is 1140. The molecule has 0 bridgehead atoms. The Morgan fingerprint density at radius 1 is 1.03 bits per heavy atom. The molecule has 0 saturated carbocycles. The largest absolute Gasteiger partial charge is 0.545 e. The maximum atomic E-state index is 12.0. The van der Waals surface area contributed by atoms with E-state index in [1.807, 2.05) is 36.4 Å². The molecule has 0 amide bonds. The van der Waals surface area contributed by atoms with Crippen LogP contribution in [0.25, 0.3) is 22.6 Å². The van der Waals surface area contributed by atoms with Crippen molar-refractivity contribution in [2.75, 3.05) is 21.3 Å². The molecule has 6 heteroatoms. The number of fused-ring (bicyclic) bond motifs is 2. The maximum absolute atomic E-state index is 12.0. The van der Waals surface area contributed by atoms with Crippen LogP contribution in [-0.4, -0.2) is 32.3 Å². The molecule has 0 atom stereocenters. The number of carboxylic acids is 1. The van der Waals surface area contributed by atoms with Crippen molar-refractivity contribution in [2.45, 2.75) is 19.3 Å². The summed E-state index contributed by atoms with van der Waals surface area (Å²) < 4.78 is 16.3. The number of carbonyl (C=O) groups excluding carboxylic acids is 1. The van der Waals surface area contributed by atoms with Crippen LogP contribution in [0.5, 0.6) is 17.2 Å². The van der Waals surface area contributed by atoms with Crippen LogP contribution in [0.4, 0.5) is 0 Å². The highest BCUT2D eigenvalue weighted by Crippen LogP contribution is 2.41. The van der Waals surface area contributed by atoms with Gasteiger partial charge in [0.15, 0.2) is 11.5 Å². The molecule has 3 aromatic rings. The van der Waals surface area contributed by atoms with Gasteiger partial charge in [0.2, 0.25) is 5.75 Å². The minimum atomic E-state index is -1.17. The number of methoxy groups -OCH3 is 3. The first-order valence-electron chi connectivity index (χ1n) is 9.71. The fraction of sp³-hybridized carbons (Fsp3) is 0.250. The van der Waals surface area contributed by atoms with Crippen LogP contribution in [0.3, 0.4) is 0 Å². The second-order valence-electron chi connectivity index (χ2n) is 7.10. The van der Waals surface area contributed by atoms with Gasteiger partial charge in [0, 0.05) is 10.9 Å². The number of allylic oxidation sites excluding steroid dienone is 1. The third kappa shape index (κ3) is 3.34. The number of hydrogen-bond acceptors (Lipinski definition) is 6. The lowest BCUT2D eigenvalue weighted by Crippen LogP contribution is -2.26. The fourth-order valence-electron chi connectivity index (χ4n) is 4.09. The van der Waals surface area contributed by atoms with E-state index in [-0.39, 0.29) is 5.56 Å². The van der Waals surface area contributed by atoms with Crippen molar-refractivity contribution >= 4 is 28.5 Å². The van der Waals surface area contributed by atoms with E-state index in [1.165, 1.54) is 0 Å². The Kier molecular flexibility index (Phi) is 5.31. The zero-order valence-corrected chi connectivity index (χ0v) is 17.2. The molecule has 0 radical (unpaired) electrons. The maximum Gasteiger partial charge on any atom is 0.203 e. The Balaban J connectivity index is 1.92. The molecule has 0 spiro atoms. The van der Waals surface area contributed by atoms with E-state index in [4.69, 9.17) is 19.2 Å². The van der Waals surface area contributed by atoms with Crippen molar-refractivity contribution in [3.05, 3.63) is 58.8 Å². The molecule has 4 rings (SSSR count). The molecule has 1 aliphatic carbocycles. The summed E-state index contributed by atoms with van der Waals surface area (Å²) in [5, 5.41) is 12.6. The number of hydrogen-bond donors (Lipinski definition) is 0. The van der Waals surface area contributed by atoms with Crippen LogP contribution in [0.15, 0.2) is 36.4 Å². The average Bonchev–Trinajstić information content (AvgIpc) is 2.76. The molecule has 1 heterocycles. The molecule has 2 aromatic carbocycles. The van der Waals surface area contributed by atoms with Gasteiger partial charge in [0.25, 0.3) is 0 Å². The number of carbonyl (C=O) groups is 1. The van der Waals surface area contributed by atoms with E-state index < -0.39 is 5.97 Å². The van der Waals surface area contributed by atoms with Crippen LogP contribution in [0, 0.1) is 0 Å². The van der Waals surface area contributed by atoms with Crippen LogP contribution in [-0.2, 0) is 6.42 Å². The third-order valence-corrected chi connectivity index (χ3v) is 5.40. The van der Waals surface area contributed by atoms with Crippen molar-refractivity contribution in [3.63, 3.8) is 0 Å². The molecule has 0 saturated heterocycles. The molecule has 0 fully saturated rings. The second-order valence-corrected chi connectivity index (χ2v) is 7.10. The van der Waals surface area contributed by atoms with Gasteiger partial charge in [-0.2, -0.15) is 0 Å². The van der Waals surface area contributed by atoms with Gasteiger partial charge < -0.3 is 24.1 Å². The van der Waals surface area contributed by atoms with Gasteiger partial charge in [0.1, 0.15) is 0 Å². The number of para-hydroxylation sites is 1. The van der Waals surface area contributed by atoms with Gasteiger partial charge >= 0.3 is 0 Å². The third-order valence-electron chi connectivity index (χ3n) is 5.40. The summed E-state index contributed by atoms with van der Waals surface area (Å²) >= 11 is 0. The highest BCUT2D eigenvalue weighted by Gasteiger charge is 2.22. The van der Waals surface area contributed by atoms with Crippen LogP contribution in [0.1, 0.15) is 40.0 Å². The summed E-state index contributed by atoms with van der Waals surface area (Å²) in [6.45, 7) is 0. The first kappa shape index (κ1) is 19.8. The molecule has 1 aliphatic rings. The van der Waals surface area contributed by atoms with Crippen LogP contribution in [0.2, 0.25) is 0 Å². The number of rotatable bonds is 5. The summed E-state index contributed by atoms with van der Waals surface area (Å²) in [7, 11) is 4.71. The minimum Gasteiger partial charge on any atom is -0.545 e. The standard InChI is InChI=1S/C24H23NO5/c1-28-19-12-14(13-20(29-2)23(19)30-3)11-15-7-6-9-17-21(24(26)27)16-8-4-5-10-18(16)25-22(15)17/h4-5,8,10-13H,6-7,9H2,1-3H3,(H,26,27)/p-1/b15-11+. The Morgan fingerprint density at radius 2 is 1.73 bits per heavy atom. The van der Waals surface area contributed by atoms with E-state index in [0.717, 1.165) is 29.5 Å². The monoisotopic (exact) mass is 404 g/mol. The van der Waals surface area contributed by atoms with Crippen molar-refractivity contribution in [1.82, 2.24) is 4.98 Å². The molecular formula is C24H22NO5-. The average molecular weight is 404 g/mol. The van der Waals surface area contributed by atoms with Crippen molar-refractivity contribution in [3.8, 4) is 17.2 Å².